The Hall–Kier alpha value is -4.30. The Morgan fingerprint density at radius 3 is 2.33 bits per heavy atom. The molecule has 3 aliphatic rings. The number of piperidine rings is 1. The minimum absolute atomic E-state index is 0.0921. The molecule has 6 rings (SSSR count). The Morgan fingerprint density at radius 1 is 0.976 bits per heavy atom. The summed E-state index contributed by atoms with van der Waals surface area (Å²) in [7, 11) is 2.73. The van der Waals surface area contributed by atoms with Crippen LogP contribution in [0.2, 0.25) is 0 Å². The van der Waals surface area contributed by atoms with Crippen molar-refractivity contribution in [2.24, 2.45) is 21.8 Å². The molecule has 2 atom stereocenters. The van der Waals surface area contributed by atoms with Crippen LogP contribution >= 0.6 is 34.0 Å². The standard InChI is InChI=1S/C29H22N6O4S3/c1-11-13(10-30)25(36)34(6)27(38)20(11)33-17-9-15-23(42-17)18-24(40-15)22-14(29(18,3)4)8-16(41-22)32-21-12(2)19(31-5)26(37)35(7)28(21)39/h8-9,11,13H,1-4,6-7H3. The molecule has 1 aliphatic carbocycles. The molecule has 1 saturated heterocycles. The molecular weight excluding hydrogens is 593 g/mol. The molecule has 1 fully saturated rings. The lowest BCUT2D eigenvalue weighted by Crippen LogP contribution is -2.51. The number of aliphatic imine (C=N–C) groups is 2. The molecule has 0 saturated carbocycles. The maximum atomic E-state index is 12.9. The van der Waals surface area contributed by atoms with E-state index in [1.54, 1.807) is 25.2 Å². The van der Waals surface area contributed by atoms with E-state index in [2.05, 4.69) is 28.7 Å². The third kappa shape index (κ3) is 3.71. The van der Waals surface area contributed by atoms with Crippen LogP contribution in [0.3, 0.4) is 0 Å². The van der Waals surface area contributed by atoms with E-state index in [1.165, 1.54) is 36.8 Å². The number of carbonyl (C=O) groups is 4. The van der Waals surface area contributed by atoms with E-state index in [4.69, 9.17) is 6.57 Å². The predicted molar refractivity (Wildman–Crippen MR) is 162 cm³/mol. The molecule has 42 heavy (non-hydrogen) atoms. The second-order valence-electron chi connectivity index (χ2n) is 10.8. The van der Waals surface area contributed by atoms with Crippen LogP contribution in [0.15, 0.2) is 33.4 Å². The fourth-order valence-corrected chi connectivity index (χ4v) is 9.74. The first-order valence-corrected chi connectivity index (χ1v) is 15.3. The molecule has 4 amide bonds. The topological polar surface area (TPSA) is 128 Å². The maximum Gasteiger partial charge on any atom is 0.277 e. The van der Waals surface area contributed by atoms with Crippen LogP contribution in [-0.2, 0) is 24.6 Å². The largest absolute Gasteiger partial charge is 0.286 e. The first kappa shape index (κ1) is 27.8. The SMILES string of the molecule is [C-]#[N+]C1=C(C)C(=Nc2cc3c(s2)-c2sc4cc(N=C5C(=O)N(C)C(=O)C(C#N)C5C)sc4c2C3(C)C)C(=O)N(C)C1=O. The van der Waals surface area contributed by atoms with E-state index in [0.717, 1.165) is 40.1 Å². The van der Waals surface area contributed by atoms with Gasteiger partial charge < -0.3 is 0 Å². The zero-order valence-corrected chi connectivity index (χ0v) is 25.8. The van der Waals surface area contributed by atoms with E-state index in [0.29, 0.717) is 10.0 Å². The van der Waals surface area contributed by atoms with Gasteiger partial charge in [0.05, 0.1) is 27.1 Å². The summed E-state index contributed by atoms with van der Waals surface area (Å²) in [5.41, 5.74) is 2.32. The number of imide groups is 2. The number of likely N-dealkylation sites (N-methyl/N-ethyl adjacent to an activating group) is 1. The van der Waals surface area contributed by atoms with Crippen LogP contribution in [0.5, 0.6) is 0 Å². The summed E-state index contributed by atoms with van der Waals surface area (Å²) in [5.74, 6) is -3.73. The minimum atomic E-state index is -0.957. The summed E-state index contributed by atoms with van der Waals surface area (Å²) in [4.78, 5) is 67.1. The van der Waals surface area contributed by atoms with Crippen LogP contribution < -0.4 is 0 Å². The third-order valence-electron chi connectivity index (χ3n) is 8.05. The first-order chi connectivity index (χ1) is 19.8. The van der Waals surface area contributed by atoms with Crippen LogP contribution in [0.4, 0.5) is 10.0 Å². The molecule has 5 heterocycles. The van der Waals surface area contributed by atoms with E-state index >= 15 is 0 Å². The first-order valence-electron chi connectivity index (χ1n) is 12.8. The molecule has 0 spiro atoms. The molecule has 0 bridgehead atoms. The Labute approximate surface area is 252 Å². The average Bonchev–Trinajstić information content (AvgIpc) is 3.67. The summed E-state index contributed by atoms with van der Waals surface area (Å²) in [6.07, 6.45) is 0. The zero-order chi connectivity index (χ0) is 30.4. The zero-order valence-electron chi connectivity index (χ0n) is 23.4. The van der Waals surface area contributed by atoms with Crippen molar-refractivity contribution in [3.05, 3.63) is 45.9 Å². The van der Waals surface area contributed by atoms with Gasteiger partial charge in [0.15, 0.2) is 0 Å². The van der Waals surface area contributed by atoms with Crippen LogP contribution in [0, 0.1) is 29.7 Å². The summed E-state index contributed by atoms with van der Waals surface area (Å²) in [6, 6.07) is 5.91. The monoisotopic (exact) mass is 614 g/mol. The van der Waals surface area contributed by atoms with Gasteiger partial charge in [-0.25, -0.2) is 14.8 Å². The highest BCUT2D eigenvalue weighted by atomic mass is 32.1. The number of hydrogen-bond acceptors (Lipinski definition) is 10. The van der Waals surface area contributed by atoms with Gasteiger partial charge in [-0.3, -0.25) is 29.0 Å². The Morgan fingerprint density at radius 2 is 1.67 bits per heavy atom. The van der Waals surface area contributed by atoms with Crippen molar-refractivity contribution in [3.63, 3.8) is 0 Å². The van der Waals surface area contributed by atoms with Crippen molar-refractivity contribution >= 4 is 88.5 Å². The fourth-order valence-electron chi connectivity index (χ4n) is 5.56. The second kappa shape index (κ2) is 9.36. The number of nitrogens with zero attached hydrogens (tertiary/aromatic N) is 6. The van der Waals surface area contributed by atoms with E-state index in [1.807, 2.05) is 18.2 Å². The van der Waals surface area contributed by atoms with Crippen LogP contribution in [0.1, 0.15) is 38.8 Å². The normalized spacial score (nSPS) is 23.7. The van der Waals surface area contributed by atoms with Crippen molar-refractivity contribution in [1.82, 2.24) is 9.80 Å². The van der Waals surface area contributed by atoms with Gasteiger partial charge in [-0.05, 0) is 35.8 Å². The lowest BCUT2D eigenvalue weighted by molar-refractivity contribution is -0.144. The minimum Gasteiger partial charge on any atom is -0.286 e. The maximum absolute atomic E-state index is 12.9. The van der Waals surface area contributed by atoms with Crippen molar-refractivity contribution in [2.45, 2.75) is 33.1 Å². The molecule has 3 aromatic heterocycles. The number of nitriles is 1. The van der Waals surface area contributed by atoms with Crippen molar-refractivity contribution in [1.29, 1.82) is 5.26 Å². The van der Waals surface area contributed by atoms with Gasteiger partial charge in [0, 0.05) is 30.1 Å². The highest BCUT2D eigenvalue weighted by Gasteiger charge is 2.44. The lowest BCUT2D eigenvalue weighted by Gasteiger charge is -2.29. The summed E-state index contributed by atoms with van der Waals surface area (Å²) in [6.45, 7) is 14.9. The van der Waals surface area contributed by atoms with Gasteiger partial charge in [0.25, 0.3) is 23.4 Å². The van der Waals surface area contributed by atoms with Gasteiger partial charge >= 0.3 is 0 Å². The average molecular weight is 615 g/mol. The van der Waals surface area contributed by atoms with Crippen molar-refractivity contribution in [2.75, 3.05) is 14.1 Å². The van der Waals surface area contributed by atoms with Crippen molar-refractivity contribution < 1.29 is 19.2 Å². The molecule has 13 heteroatoms. The van der Waals surface area contributed by atoms with Crippen LogP contribution in [-0.4, -0.2) is 58.9 Å². The van der Waals surface area contributed by atoms with E-state index < -0.39 is 35.5 Å². The van der Waals surface area contributed by atoms with Crippen LogP contribution in [0.25, 0.3) is 24.0 Å². The molecule has 2 aliphatic heterocycles. The molecular formula is C29H22N6O4S3. The smallest absolute Gasteiger partial charge is 0.277 e. The van der Waals surface area contributed by atoms with Gasteiger partial charge in [0.2, 0.25) is 5.91 Å². The number of fused-ring (bicyclic) bond motifs is 5. The molecule has 0 radical (unpaired) electrons. The number of amides is 4. The van der Waals surface area contributed by atoms with Crippen molar-refractivity contribution in [3.8, 4) is 15.8 Å². The molecule has 2 unspecified atom stereocenters. The quantitative estimate of drug-likeness (QED) is 0.281. The number of thiophene rings is 3. The fraction of sp³-hybridized carbons (Fsp3) is 0.310. The Kier molecular flexibility index (Phi) is 6.20. The highest BCUT2D eigenvalue weighted by molar-refractivity contribution is 7.33. The van der Waals surface area contributed by atoms with Gasteiger partial charge in [0.1, 0.15) is 27.3 Å². The second-order valence-corrected chi connectivity index (χ2v) is 14.0. The number of carbonyl (C=O) groups excluding carboxylic acids is 4. The summed E-state index contributed by atoms with van der Waals surface area (Å²) >= 11 is 4.56. The highest BCUT2D eigenvalue weighted by Crippen LogP contribution is 2.61. The molecule has 210 valence electrons. The van der Waals surface area contributed by atoms with Gasteiger partial charge in [-0.15, -0.1) is 34.0 Å². The lowest BCUT2D eigenvalue weighted by atomic mass is 9.84. The summed E-state index contributed by atoms with van der Waals surface area (Å²) in [5, 5.41) is 10.8. The van der Waals surface area contributed by atoms with E-state index in [9.17, 15) is 24.4 Å². The van der Waals surface area contributed by atoms with Gasteiger partial charge in [-0.1, -0.05) is 20.8 Å². The van der Waals surface area contributed by atoms with Gasteiger partial charge in [-0.2, -0.15) is 5.26 Å². The number of likely N-dealkylation sites (tertiary alicyclic amines) is 1. The number of rotatable bonds is 2. The molecule has 0 N–H and O–H groups in total. The Balaban J connectivity index is 1.41. The molecule has 10 nitrogen and oxygen atoms in total. The molecule has 0 aromatic carbocycles. The number of hydrogen-bond donors (Lipinski definition) is 0. The Bertz CT molecular complexity index is 1990. The van der Waals surface area contributed by atoms with E-state index in [-0.39, 0.29) is 28.1 Å². The predicted octanol–water partition coefficient (Wildman–Crippen LogP) is 5.44. The third-order valence-corrected chi connectivity index (χ3v) is 11.6. The molecule has 3 aromatic rings. The summed E-state index contributed by atoms with van der Waals surface area (Å²) < 4.78 is 2.08.